The highest BCUT2D eigenvalue weighted by atomic mass is 16.7. The number of aromatic hydroxyl groups is 1. The number of hydrogen-bond donors (Lipinski definition) is 1. The summed E-state index contributed by atoms with van der Waals surface area (Å²) < 4.78 is 28.3. The van der Waals surface area contributed by atoms with Gasteiger partial charge in [0.25, 0.3) is 0 Å². The maximum absolute atomic E-state index is 13.2. The van der Waals surface area contributed by atoms with Gasteiger partial charge in [-0.05, 0) is 18.6 Å². The Balaban J connectivity index is 1.99. The number of benzene rings is 2. The fraction of sp³-hybridized carbons (Fsp3) is 0.316. The lowest BCUT2D eigenvalue weighted by Crippen LogP contribution is -2.13. The minimum atomic E-state index is -0.382. The topological polar surface area (TPSA) is 87.4 Å². The van der Waals surface area contributed by atoms with Crippen LogP contribution in [0, 0.1) is 0 Å². The second-order valence-corrected chi connectivity index (χ2v) is 6.37. The Morgan fingerprint density at radius 3 is 2.69 bits per heavy atom. The molecule has 1 fully saturated rings. The smallest absolute Gasteiger partial charge is 0.208 e. The molecule has 0 spiro atoms. The summed E-state index contributed by atoms with van der Waals surface area (Å²) in [6.45, 7) is 0.588. The third-order valence-electron chi connectivity index (χ3n) is 5.10. The highest BCUT2D eigenvalue weighted by molar-refractivity contribution is 6.00. The zero-order valence-corrected chi connectivity index (χ0v) is 14.2. The van der Waals surface area contributed by atoms with Gasteiger partial charge < -0.3 is 28.5 Å². The Morgan fingerprint density at radius 1 is 1.12 bits per heavy atom. The van der Waals surface area contributed by atoms with E-state index in [4.69, 9.17) is 23.4 Å². The van der Waals surface area contributed by atoms with Gasteiger partial charge in [0.15, 0.2) is 11.3 Å². The molecule has 26 heavy (non-hydrogen) atoms. The lowest BCUT2D eigenvalue weighted by Gasteiger charge is -2.13. The molecule has 1 saturated heterocycles. The van der Waals surface area contributed by atoms with Crippen LogP contribution < -0.4 is 19.6 Å². The van der Waals surface area contributed by atoms with Gasteiger partial charge in [-0.15, -0.1) is 0 Å². The average molecular weight is 356 g/mol. The van der Waals surface area contributed by atoms with E-state index in [9.17, 15) is 9.90 Å². The van der Waals surface area contributed by atoms with E-state index in [-0.39, 0.29) is 39.7 Å². The molecule has 134 valence electrons. The molecule has 0 saturated carbocycles. The second kappa shape index (κ2) is 5.28. The summed E-state index contributed by atoms with van der Waals surface area (Å²) in [6.07, 6.45) is 0.394. The maximum Gasteiger partial charge on any atom is 0.208 e. The summed E-state index contributed by atoms with van der Waals surface area (Å²) in [5.41, 5.74) is 1.01. The van der Waals surface area contributed by atoms with Crippen LogP contribution in [0.1, 0.15) is 17.9 Å². The summed E-state index contributed by atoms with van der Waals surface area (Å²) in [7, 11) is 2.96. The molecule has 2 aliphatic heterocycles. The van der Waals surface area contributed by atoms with E-state index in [1.807, 2.05) is 0 Å². The zero-order chi connectivity index (χ0) is 18.0. The van der Waals surface area contributed by atoms with Gasteiger partial charge in [0, 0.05) is 11.6 Å². The molecular weight excluding hydrogens is 340 g/mol. The Bertz CT molecular complexity index is 1110. The molecule has 0 aliphatic carbocycles. The first-order valence-corrected chi connectivity index (χ1v) is 8.29. The van der Waals surface area contributed by atoms with E-state index in [1.54, 1.807) is 12.1 Å². The van der Waals surface area contributed by atoms with Crippen LogP contribution in [0.2, 0.25) is 0 Å². The maximum atomic E-state index is 13.2. The van der Waals surface area contributed by atoms with Crippen molar-refractivity contribution in [2.45, 2.75) is 18.6 Å². The number of ether oxygens (including phenoxy) is 4. The molecule has 2 aromatic carbocycles. The Labute approximate surface area is 147 Å². The molecule has 3 heterocycles. The minimum Gasteiger partial charge on any atom is -0.507 e. The predicted octanol–water partition coefficient (Wildman–Crippen LogP) is 2.89. The van der Waals surface area contributed by atoms with E-state index in [0.29, 0.717) is 29.4 Å². The molecule has 7 heteroatoms. The van der Waals surface area contributed by atoms with E-state index < -0.39 is 0 Å². The summed E-state index contributed by atoms with van der Waals surface area (Å²) in [6, 6.07) is 4.65. The first-order chi connectivity index (χ1) is 12.6. The molecular formula is C19H16O7. The Kier molecular flexibility index (Phi) is 3.12. The van der Waals surface area contributed by atoms with Gasteiger partial charge in [-0.1, -0.05) is 0 Å². The normalized spacial score (nSPS) is 20.8. The van der Waals surface area contributed by atoms with Gasteiger partial charge >= 0.3 is 0 Å². The van der Waals surface area contributed by atoms with Crippen LogP contribution in [0.3, 0.4) is 0 Å². The van der Waals surface area contributed by atoms with E-state index in [0.717, 1.165) is 12.0 Å². The van der Waals surface area contributed by atoms with Gasteiger partial charge in [-0.3, -0.25) is 4.79 Å². The van der Waals surface area contributed by atoms with Crippen molar-refractivity contribution in [1.29, 1.82) is 0 Å². The van der Waals surface area contributed by atoms with Gasteiger partial charge in [-0.25, -0.2) is 0 Å². The van der Waals surface area contributed by atoms with Crippen molar-refractivity contribution >= 4 is 21.9 Å². The van der Waals surface area contributed by atoms with Crippen molar-refractivity contribution in [3.63, 3.8) is 0 Å². The standard InChI is InChI=1S/C19H16O7/c1-22-10-4-3-9(20)14-16(21)15-11(23-2)7-12-13(18(15)26-17(10)14)8-5-6-24-19(8)25-12/h3-4,7-8,19-20H,5-6H2,1-2H3/t8-,19+/m0/s1. The van der Waals surface area contributed by atoms with Gasteiger partial charge in [-0.2, -0.15) is 0 Å². The minimum absolute atomic E-state index is 0.0117. The number of rotatable bonds is 2. The molecule has 1 N–H and O–H groups in total. The number of fused-ring (bicyclic) bond motifs is 6. The van der Waals surface area contributed by atoms with Crippen LogP contribution >= 0.6 is 0 Å². The summed E-state index contributed by atoms with van der Waals surface area (Å²) >= 11 is 0. The number of hydrogen-bond acceptors (Lipinski definition) is 7. The van der Waals surface area contributed by atoms with E-state index >= 15 is 0 Å². The fourth-order valence-corrected chi connectivity index (χ4v) is 3.90. The first kappa shape index (κ1) is 15.3. The first-order valence-electron chi connectivity index (χ1n) is 8.29. The molecule has 0 bridgehead atoms. The summed E-state index contributed by atoms with van der Waals surface area (Å²) in [5.74, 6) is 1.11. The van der Waals surface area contributed by atoms with Crippen LogP contribution in [-0.4, -0.2) is 32.2 Å². The Morgan fingerprint density at radius 2 is 1.92 bits per heavy atom. The Hall–Kier alpha value is -2.93. The molecule has 2 atom stereocenters. The van der Waals surface area contributed by atoms with Crippen LogP contribution in [0.4, 0.5) is 0 Å². The van der Waals surface area contributed by atoms with Crippen LogP contribution in [-0.2, 0) is 4.74 Å². The average Bonchev–Trinajstić information content (AvgIpc) is 3.21. The monoisotopic (exact) mass is 356 g/mol. The molecule has 1 aromatic heterocycles. The molecule has 2 aliphatic rings. The number of methoxy groups -OCH3 is 2. The zero-order valence-electron chi connectivity index (χ0n) is 14.2. The molecule has 0 radical (unpaired) electrons. The summed E-state index contributed by atoms with van der Waals surface area (Å²) in [4.78, 5) is 13.2. The lowest BCUT2D eigenvalue weighted by atomic mass is 9.95. The van der Waals surface area contributed by atoms with Crippen LogP contribution in [0.5, 0.6) is 23.0 Å². The van der Waals surface area contributed by atoms with Crippen molar-refractivity contribution in [1.82, 2.24) is 0 Å². The van der Waals surface area contributed by atoms with Gasteiger partial charge in [0.2, 0.25) is 11.7 Å². The van der Waals surface area contributed by atoms with E-state index in [2.05, 4.69) is 0 Å². The highest BCUT2D eigenvalue weighted by Crippen LogP contribution is 2.50. The largest absolute Gasteiger partial charge is 0.507 e. The third-order valence-corrected chi connectivity index (χ3v) is 5.10. The lowest BCUT2D eigenvalue weighted by molar-refractivity contribution is -0.0337. The van der Waals surface area contributed by atoms with Crippen molar-refractivity contribution < 1.29 is 28.5 Å². The van der Waals surface area contributed by atoms with Crippen molar-refractivity contribution in [2.75, 3.05) is 20.8 Å². The predicted molar refractivity (Wildman–Crippen MR) is 92.5 cm³/mol. The molecule has 5 rings (SSSR count). The van der Waals surface area contributed by atoms with Crippen molar-refractivity contribution in [3.05, 3.63) is 34.0 Å². The van der Waals surface area contributed by atoms with Gasteiger partial charge in [0.05, 0.1) is 26.7 Å². The molecule has 3 aromatic rings. The fourth-order valence-electron chi connectivity index (χ4n) is 3.90. The van der Waals surface area contributed by atoms with E-state index in [1.165, 1.54) is 20.3 Å². The summed E-state index contributed by atoms with van der Waals surface area (Å²) in [5, 5.41) is 10.6. The van der Waals surface area contributed by atoms with Crippen LogP contribution in [0.15, 0.2) is 27.4 Å². The SMILES string of the molecule is COc1ccc(O)c2c(=O)c3c(OC)cc4c(c3oc12)[C@@H]1CCO[C@@H]1O4. The van der Waals surface area contributed by atoms with Crippen molar-refractivity contribution in [3.8, 4) is 23.0 Å². The second-order valence-electron chi connectivity index (χ2n) is 6.37. The van der Waals surface area contributed by atoms with Gasteiger partial charge in [0.1, 0.15) is 33.6 Å². The van der Waals surface area contributed by atoms with Crippen LogP contribution in [0.25, 0.3) is 21.9 Å². The molecule has 7 nitrogen and oxygen atoms in total. The molecule has 0 amide bonds. The quantitative estimate of drug-likeness (QED) is 0.706. The third kappa shape index (κ3) is 1.83. The van der Waals surface area contributed by atoms with Crippen molar-refractivity contribution in [2.24, 2.45) is 0 Å². The highest BCUT2D eigenvalue weighted by Gasteiger charge is 2.42. The molecule has 0 unspecified atom stereocenters. The number of phenols is 1. The number of phenolic OH excluding ortho intramolecular Hbond substituents is 1.